The van der Waals surface area contributed by atoms with E-state index in [-0.39, 0.29) is 0 Å². The quantitative estimate of drug-likeness (QED) is 0.154. The van der Waals surface area contributed by atoms with Gasteiger partial charge < -0.3 is 9.13 Å². The summed E-state index contributed by atoms with van der Waals surface area (Å²) in [6.45, 7) is 0. The molecular formula is C38H28O2P2. The van der Waals surface area contributed by atoms with E-state index in [0.29, 0.717) is 0 Å². The van der Waals surface area contributed by atoms with E-state index < -0.39 is 14.3 Å². The van der Waals surface area contributed by atoms with Crippen LogP contribution >= 0.6 is 14.3 Å². The zero-order chi connectivity index (χ0) is 28.6. The van der Waals surface area contributed by atoms with Crippen LogP contribution in [0.25, 0.3) is 21.5 Å². The molecule has 0 amide bonds. The van der Waals surface area contributed by atoms with Gasteiger partial charge in [0.15, 0.2) is 14.3 Å². The molecule has 0 saturated carbocycles. The summed E-state index contributed by atoms with van der Waals surface area (Å²) >= 11 is 0. The van der Waals surface area contributed by atoms with Crippen LogP contribution in [0.2, 0.25) is 0 Å². The summed E-state index contributed by atoms with van der Waals surface area (Å²) in [4.78, 5) is 0. The van der Waals surface area contributed by atoms with E-state index in [2.05, 4.69) is 36.4 Å². The highest BCUT2D eigenvalue weighted by Crippen LogP contribution is 2.45. The summed E-state index contributed by atoms with van der Waals surface area (Å²) in [5, 5.41) is 8.83. The first-order chi connectivity index (χ1) is 20.6. The van der Waals surface area contributed by atoms with Crippen LogP contribution in [0.4, 0.5) is 0 Å². The molecule has 7 aromatic carbocycles. The lowest BCUT2D eigenvalue weighted by molar-refractivity contribution is 0.591. The molecule has 0 heterocycles. The fourth-order valence-electron chi connectivity index (χ4n) is 5.86. The van der Waals surface area contributed by atoms with Crippen molar-refractivity contribution < 1.29 is 9.13 Å². The van der Waals surface area contributed by atoms with E-state index >= 15 is 9.13 Å². The first-order valence-corrected chi connectivity index (χ1v) is 17.4. The second kappa shape index (κ2) is 10.7. The zero-order valence-corrected chi connectivity index (χ0v) is 24.7. The lowest BCUT2D eigenvalue weighted by Crippen LogP contribution is -2.25. The van der Waals surface area contributed by atoms with Gasteiger partial charge >= 0.3 is 0 Å². The van der Waals surface area contributed by atoms with Crippen LogP contribution in [-0.2, 0) is 9.13 Å². The maximum atomic E-state index is 15.1. The van der Waals surface area contributed by atoms with Crippen LogP contribution in [-0.4, -0.2) is 0 Å². The van der Waals surface area contributed by atoms with E-state index in [0.717, 1.165) is 53.4 Å². The Bertz CT molecular complexity index is 1880. The van der Waals surface area contributed by atoms with E-state index in [1.165, 1.54) is 0 Å². The van der Waals surface area contributed by atoms with Gasteiger partial charge in [-0.1, -0.05) is 158 Å². The molecule has 0 aromatic heterocycles. The zero-order valence-electron chi connectivity index (χ0n) is 22.9. The fourth-order valence-corrected chi connectivity index (χ4v) is 11.2. The summed E-state index contributed by atoms with van der Waals surface area (Å²) in [6, 6.07) is 55.5. The maximum absolute atomic E-state index is 15.1. The largest absolute Gasteiger partial charge is 0.309 e. The average Bonchev–Trinajstić information content (AvgIpc) is 3.08. The van der Waals surface area contributed by atoms with Gasteiger partial charge in [-0.05, 0) is 33.7 Å². The lowest BCUT2D eigenvalue weighted by Gasteiger charge is -2.22. The predicted octanol–water partition coefficient (Wildman–Crippen LogP) is 7.27. The Kier molecular flexibility index (Phi) is 6.75. The van der Waals surface area contributed by atoms with Gasteiger partial charge in [0.1, 0.15) is 0 Å². The number of benzene rings is 7. The van der Waals surface area contributed by atoms with Crippen molar-refractivity contribution in [3.8, 4) is 0 Å². The summed E-state index contributed by atoms with van der Waals surface area (Å²) < 4.78 is 30.3. The Balaban J connectivity index is 1.49. The molecule has 0 spiro atoms. The molecule has 0 bridgehead atoms. The first kappa shape index (κ1) is 26.4. The molecule has 0 atom stereocenters. The van der Waals surface area contributed by atoms with Crippen molar-refractivity contribution in [1.82, 2.24) is 0 Å². The third-order valence-corrected chi connectivity index (χ3v) is 14.1. The van der Waals surface area contributed by atoms with Crippen LogP contribution in [0.1, 0.15) is 0 Å². The monoisotopic (exact) mass is 578 g/mol. The minimum Gasteiger partial charge on any atom is -0.309 e. The van der Waals surface area contributed by atoms with Gasteiger partial charge in [-0.3, -0.25) is 0 Å². The molecule has 0 saturated heterocycles. The van der Waals surface area contributed by atoms with Crippen LogP contribution in [0.15, 0.2) is 170 Å². The Morgan fingerprint density at radius 3 is 0.833 bits per heavy atom. The molecule has 42 heavy (non-hydrogen) atoms. The Morgan fingerprint density at radius 2 is 0.548 bits per heavy atom. The molecule has 7 aromatic rings. The maximum Gasteiger partial charge on any atom is 0.171 e. The minimum atomic E-state index is -3.15. The van der Waals surface area contributed by atoms with Gasteiger partial charge in [0.25, 0.3) is 0 Å². The molecule has 4 heteroatoms. The van der Waals surface area contributed by atoms with Gasteiger partial charge in [-0.2, -0.15) is 0 Å². The predicted molar refractivity (Wildman–Crippen MR) is 180 cm³/mol. The topological polar surface area (TPSA) is 34.1 Å². The molecule has 0 aliphatic heterocycles. The van der Waals surface area contributed by atoms with Crippen molar-refractivity contribution >= 4 is 67.7 Å². The molecule has 0 unspecified atom stereocenters. The molecule has 202 valence electrons. The van der Waals surface area contributed by atoms with Gasteiger partial charge in [-0.25, -0.2) is 0 Å². The van der Waals surface area contributed by atoms with Crippen molar-refractivity contribution in [2.45, 2.75) is 0 Å². The van der Waals surface area contributed by atoms with E-state index in [1.54, 1.807) is 0 Å². The molecule has 0 aliphatic carbocycles. The molecule has 2 nitrogen and oxygen atoms in total. The van der Waals surface area contributed by atoms with Crippen LogP contribution in [0.3, 0.4) is 0 Å². The van der Waals surface area contributed by atoms with Crippen LogP contribution in [0.5, 0.6) is 0 Å². The first-order valence-electron chi connectivity index (χ1n) is 14.0. The number of fused-ring (bicyclic) bond motifs is 3. The summed E-state index contributed by atoms with van der Waals surface area (Å²) in [6.07, 6.45) is 0. The van der Waals surface area contributed by atoms with Gasteiger partial charge in [-0.15, -0.1) is 0 Å². The third-order valence-electron chi connectivity index (χ3n) is 8.01. The number of hydrogen-bond acceptors (Lipinski definition) is 2. The van der Waals surface area contributed by atoms with Crippen molar-refractivity contribution in [2.75, 3.05) is 0 Å². The molecule has 0 N–H and O–H groups in total. The smallest absolute Gasteiger partial charge is 0.171 e. The average molecular weight is 579 g/mol. The molecular weight excluding hydrogens is 550 g/mol. The molecule has 0 fully saturated rings. The lowest BCUT2D eigenvalue weighted by atomic mass is 10.0. The Morgan fingerprint density at radius 1 is 0.286 bits per heavy atom. The highest BCUT2D eigenvalue weighted by Gasteiger charge is 2.31. The molecule has 7 rings (SSSR count). The fraction of sp³-hybridized carbons (Fsp3) is 0. The third kappa shape index (κ3) is 4.36. The van der Waals surface area contributed by atoms with E-state index in [4.69, 9.17) is 0 Å². The highest BCUT2D eigenvalue weighted by molar-refractivity contribution is 7.85. The summed E-state index contributed by atoms with van der Waals surface area (Å²) in [5.74, 6) is 0. The van der Waals surface area contributed by atoms with Gasteiger partial charge in [0.05, 0.1) is 0 Å². The Labute approximate surface area is 246 Å². The highest BCUT2D eigenvalue weighted by atomic mass is 31.2. The minimum absolute atomic E-state index is 0.777. The van der Waals surface area contributed by atoms with Crippen LogP contribution in [0, 0.1) is 0 Å². The van der Waals surface area contributed by atoms with Crippen molar-refractivity contribution in [2.24, 2.45) is 0 Å². The van der Waals surface area contributed by atoms with E-state index in [9.17, 15) is 0 Å². The van der Waals surface area contributed by atoms with Crippen molar-refractivity contribution in [3.05, 3.63) is 170 Å². The standard InChI is InChI=1S/C38H28O2P2/c39-41(31-13-5-1-6-14-31,32-15-7-2-8-16-32)35-25-23-29-21-22-30-24-26-36(28-38(30)37(29)27-35)42(40,33-17-9-3-10-18-33)34-19-11-4-12-20-34/h1-28H. The van der Waals surface area contributed by atoms with Crippen molar-refractivity contribution in [1.29, 1.82) is 0 Å². The van der Waals surface area contributed by atoms with Crippen molar-refractivity contribution in [3.63, 3.8) is 0 Å². The molecule has 0 radical (unpaired) electrons. The summed E-state index contributed by atoms with van der Waals surface area (Å²) in [5.41, 5.74) is 0. The second-order valence-corrected chi connectivity index (χ2v) is 16.0. The van der Waals surface area contributed by atoms with Crippen LogP contribution < -0.4 is 31.8 Å². The van der Waals surface area contributed by atoms with E-state index in [1.807, 2.05) is 133 Å². The summed E-state index contributed by atoms with van der Waals surface area (Å²) in [7, 11) is -6.31. The normalized spacial score (nSPS) is 12.0. The number of rotatable bonds is 6. The SMILES string of the molecule is O=P(c1ccccc1)(c1ccccc1)c1ccc2ccc3ccc(P(=O)(c4ccccc4)c4ccccc4)cc3c2c1. The van der Waals surface area contributed by atoms with Gasteiger partial charge in [0, 0.05) is 31.8 Å². The molecule has 0 aliphatic rings. The Hall–Kier alpha value is -4.48. The second-order valence-electron chi connectivity index (χ2n) is 10.4. The number of hydrogen-bond donors (Lipinski definition) is 0. The van der Waals surface area contributed by atoms with Gasteiger partial charge in [0.2, 0.25) is 0 Å².